The first kappa shape index (κ1) is 16.7. The molecule has 116 valence electrons. The summed E-state index contributed by atoms with van der Waals surface area (Å²) in [7, 11) is 1.99. The van der Waals surface area contributed by atoms with E-state index >= 15 is 0 Å². The summed E-state index contributed by atoms with van der Waals surface area (Å²) in [6.07, 6.45) is 3.89. The molecular weight excluding hydrogens is 340 g/mol. The van der Waals surface area contributed by atoms with Gasteiger partial charge in [0.2, 0.25) is 0 Å². The summed E-state index contributed by atoms with van der Waals surface area (Å²) in [5.41, 5.74) is 4.54. The first-order valence-corrected chi connectivity index (χ1v) is 8.14. The summed E-state index contributed by atoms with van der Waals surface area (Å²) in [6, 6.07) is 10.4. The number of hydrogen-bond acceptors (Lipinski definition) is 2. The highest BCUT2D eigenvalue weighted by molar-refractivity contribution is 9.10. The molecule has 4 heteroatoms. The number of aromatic nitrogens is 2. The number of aldehydes is 1. The Morgan fingerprint density at radius 3 is 2.23 bits per heavy atom. The smallest absolute Gasteiger partial charge is 0.146 e. The first-order valence-electron chi connectivity index (χ1n) is 7.34. The van der Waals surface area contributed by atoms with Gasteiger partial charge in [0.05, 0.1) is 5.69 Å². The van der Waals surface area contributed by atoms with Crippen molar-refractivity contribution >= 4 is 22.2 Å². The van der Waals surface area contributed by atoms with Crippen LogP contribution in [0.25, 0.3) is 11.3 Å². The number of carbonyl (C=O) groups excluding carboxylic acids is 1. The van der Waals surface area contributed by atoms with Crippen LogP contribution in [0, 0.1) is 5.41 Å². The molecule has 0 spiro atoms. The maximum atomic E-state index is 9.91. The first-order chi connectivity index (χ1) is 10.4. The van der Waals surface area contributed by atoms with Crippen molar-refractivity contribution in [2.45, 2.75) is 27.2 Å². The average molecular weight is 361 g/mol. The lowest BCUT2D eigenvalue weighted by Crippen LogP contribution is -1.95. The fourth-order valence-electron chi connectivity index (χ4n) is 2.14. The quantitative estimate of drug-likeness (QED) is 0.751. The van der Waals surface area contributed by atoms with Crippen LogP contribution < -0.4 is 0 Å². The molecule has 1 heterocycles. The fraction of sp³-hybridized carbons (Fsp3) is 0.333. The number of allylic oxidation sites excluding steroid dienone is 2. The van der Waals surface area contributed by atoms with Crippen LogP contribution in [0.2, 0.25) is 0 Å². The van der Waals surface area contributed by atoms with Crippen molar-refractivity contribution in [2.24, 2.45) is 12.5 Å². The van der Waals surface area contributed by atoms with Crippen LogP contribution in [0.15, 0.2) is 46.5 Å². The number of rotatable bonds is 3. The molecule has 0 saturated heterocycles. The van der Waals surface area contributed by atoms with Gasteiger partial charge in [-0.1, -0.05) is 54.9 Å². The van der Waals surface area contributed by atoms with Crippen LogP contribution in [0.4, 0.5) is 0 Å². The van der Waals surface area contributed by atoms with Gasteiger partial charge in [0.15, 0.2) is 0 Å². The second kappa shape index (κ2) is 6.61. The van der Waals surface area contributed by atoms with E-state index in [1.165, 1.54) is 5.69 Å². The Balaban J connectivity index is 0.000000211. The van der Waals surface area contributed by atoms with Crippen LogP contribution in [0.3, 0.4) is 0 Å². The molecular formula is C18H21BrN2O. The van der Waals surface area contributed by atoms with Crippen LogP contribution in [-0.4, -0.2) is 16.1 Å². The van der Waals surface area contributed by atoms with Gasteiger partial charge in [-0.05, 0) is 30.2 Å². The molecule has 0 saturated carbocycles. The van der Waals surface area contributed by atoms with Crippen LogP contribution in [0.1, 0.15) is 26.5 Å². The zero-order valence-corrected chi connectivity index (χ0v) is 15.0. The summed E-state index contributed by atoms with van der Waals surface area (Å²) in [6.45, 7) is 6.19. The van der Waals surface area contributed by atoms with Gasteiger partial charge in [0, 0.05) is 28.2 Å². The number of halogens is 1. The normalized spacial score (nSPS) is 14.7. The zero-order chi connectivity index (χ0) is 16.3. The summed E-state index contributed by atoms with van der Waals surface area (Å²) < 4.78 is 3.04. The van der Waals surface area contributed by atoms with Crippen LogP contribution in [-0.2, 0) is 18.3 Å². The molecule has 3 nitrogen and oxygen atoms in total. The molecule has 2 aromatic rings. The highest BCUT2D eigenvalue weighted by atomic mass is 79.9. The number of hydrogen-bond donors (Lipinski definition) is 0. The Bertz CT molecular complexity index is 696. The maximum Gasteiger partial charge on any atom is 0.146 e. The van der Waals surface area contributed by atoms with Crippen LogP contribution >= 0.6 is 15.9 Å². The number of benzene rings is 1. The summed E-state index contributed by atoms with van der Waals surface area (Å²) in [5, 5.41) is 4.48. The Labute approximate surface area is 140 Å². The third-order valence-electron chi connectivity index (χ3n) is 3.78. The van der Waals surface area contributed by atoms with Gasteiger partial charge in [0.25, 0.3) is 0 Å². The molecule has 0 radical (unpaired) electrons. The third-order valence-corrected chi connectivity index (χ3v) is 4.31. The topological polar surface area (TPSA) is 34.9 Å². The molecule has 0 amide bonds. The number of carbonyl (C=O) groups is 1. The molecule has 0 aliphatic heterocycles. The fourth-order valence-corrected chi connectivity index (χ4v) is 2.40. The standard InChI is InChI=1S/C12H13BrN2.C6H8O/c1-3-11-8-12(14-15(11)2)9-4-6-10(13)7-5-9;1-6(2)3-5(6)4-7/h4-8H,3H2,1-2H3;3-4H,1-2H3. The van der Waals surface area contributed by atoms with E-state index in [-0.39, 0.29) is 5.41 Å². The molecule has 1 aliphatic rings. The Kier molecular flexibility index (Phi) is 5.01. The second-order valence-corrected chi connectivity index (χ2v) is 6.86. The largest absolute Gasteiger partial charge is 0.298 e. The Morgan fingerprint density at radius 2 is 1.86 bits per heavy atom. The number of nitrogens with zero attached hydrogens (tertiary/aromatic N) is 2. The number of aryl methyl sites for hydroxylation is 2. The molecule has 1 aromatic carbocycles. The van der Waals surface area contributed by atoms with E-state index in [1.54, 1.807) is 0 Å². The van der Waals surface area contributed by atoms with Crippen LogP contribution in [0.5, 0.6) is 0 Å². The Morgan fingerprint density at radius 1 is 1.27 bits per heavy atom. The summed E-state index contributed by atoms with van der Waals surface area (Å²) in [4.78, 5) is 9.91. The molecule has 22 heavy (non-hydrogen) atoms. The minimum atomic E-state index is 0.141. The highest BCUT2D eigenvalue weighted by Crippen LogP contribution is 2.40. The Hall–Kier alpha value is -1.68. The molecule has 1 aromatic heterocycles. The van der Waals surface area contributed by atoms with Gasteiger partial charge in [-0.15, -0.1) is 0 Å². The van der Waals surface area contributed by atoms with Gasteiger partial charge in [-0.3, -0.25) is 9.48 Å². The van der Waals surface area contributed by atoms with Crippen molar-refractivity contribution in [3.05, 3.63) is 52.1 Å². The van der Waals surface area contributed by atoms with Gasteiger partial charge >= 0.3 is 0 Å². The van der Waals surface area contributed by atoms with Crippen molar-refractivity contribution in [1.82, 2.24) is 9.78 Å². The zero-order valence-electron chi connectivity index (χ0n) is 13.4. The van der Waals surface area contributed by atoms with Gasteiger partial charge in [-0.2, -0.15) is 5.10 Å². The van der Waals surface area contributed by atoms with Gasteiger partial charge < -0.3 is 0 Å². The third kappa shape index (κ3) is 3.95. The predicted molar refractivity (Wildman–Crippen MR) is 93.7 cm³/mol. The second-order valence-electron chi connectivity index (χ2n) is 5.94. The van der Waals surface area contributed by atoms with E-state index < -0.39 is 0 Å². The minimum Gasteiger partial charge on any atom is -0.298 e. The lowest BCUT2D eigenvalue weighted by Gasteiger charge is -1.95. The van der Waals surface area contributed by atoms with E-state index in [0.29, 0.717) is 0 Å². The minimum absolute atomic E-state index is 0.141. The highest BCUT2D eigenvalue weighted by Gasteiger charge is 2.32. The van der Waals surface area contributed by atoms with E-state index in [1.807, 2.05) is 43.8 Å². The monoisotopic (exact) mass is 360 g/mol. The van der Waals surface area contributed by atoms with Gasteiger partial charge in [-0.25, -0.2) is 0 Å². The van der Waals surface area contributed by atoms with Crippen molar-refractivity contribution in [3.63, 3.8) is 0 Å². The van der Waals surface area contributed by atoms with Crippen molar-refractivity contribution < 1.29 is 4.79 Å². The maximum absolute atomic E-state index is 9.91. The van der Waals surface area contributed by atoms with E-state index in [9.17, 15) is 4.79 Å². The van der Waals surface area contributed by atoms with Gasteiger partial charge in [0.1, 0.15) is 6.29 Å². The molecule has 0 atom stereocenters. The van der Waals surface area contributed by atoms with E-state index in [4.69, 9.17) is 0 Å². The lowest BCUT2D eigenvalue weighted by atomic mass is 10.1. The molecule has 0 fully saturated rings. The van der Waals surface area contributed by atoms with Crippen molar-refractivity contribution in [2.75, 3.05) is 0 Å². The predicted octanol–water partition coefficient (Wildman–Crippen LogP) is 4.56. The average Bonchev–Trinajstić information content (AvgIpc) is 2.94. The molecule has 0 unspecified atom stereocenters. The van der Waals surface area contributed by atoms with Crippen molar-refractivity contribution in [3.8, 4) is 11.3 Å². The van der Waals surface area contributed by atoms with E-state index in [2.05, 4.69) is 46.2 Å². The molecule has 0 bridgehead atoms. The molecule has 1 aliphatic carbocycles. The summed E-state index contributed by atoms with van der Waals surface area (Å²) >= 11 is 3.43. The SMILES string of the molecule is CC1(C)C=C1C=O.CCc1cc(-c2ccc(Br)cc2)nn1C. The van der Waals surface area contributed by atoms with Crippen molar-refractivity contribution in [1.29, 1.82) is 0 Å². The molecule has 3 rings (SSSR count). The summed E-state index contributed by atoms with van der Waals surface area (Å²) in [5.74, 6) is 0. The van der Waals surface area contributed by atoms with E-state index in [0.717, 1.165) is 34.0 Å². The molecule has 0 N–H and O–H groups in total. The lowest BCUT2D eigenvalue weighted by molar-refractivity contribution is -0.104.